The van der Waals surface area contributed by atoms with Crippen LogP contribution in [0.25, 0.3) is 0 Å². The fourth-order valence-corrected chi connectivity index (χ4v) is 8.67. The van der Waals surface area contributed by atoms with E-state index in [2.05, 4.69) is 27.3 Å². The third-order valence-corrected chi connectivity index (χ3v) is 11.4. The van der Waals surface area contributed by atoms with Crippen molar-refractivity contribution in [3.63, 3.8) is 0 Å². The van der Waals surface area contributed by atoms with Crippen LogP contribution < -0.4 is 20.7 Å². The zero-order chi connectivity index (χ0) is 39.1. The Balaban J connectivity index is 1.55. The van der Waals surface area contributed by atoms with Gasteiger partial charge >= 0.3 is 12.5 Å². The van der Waals surface area contributed by atoms with Crippen molar-refractivity contribution in [3.05, 3.63) is 101 Å². The molecule has 0 unspecified atom stereocenters. The number of alkyl halides is 3. The van der Waals surface area contributed by atoms with Crippen molar-refractivity contribution in [2.75, 3.05) is 25.5 Å². The van der Waals surface area contributed by atoms with Gasteiger partial charge in [-0.2, -0.15) is 4.31 Å². The standard InChI is InChI=1S/C37H43ClF4N4O6S/c1-22(2)33(25-12-14-26(38)15-13-25)34(24(4)44-36(48)51-5)35(47)45-32-11-7-10-31(39)30(32)9-6-8-27-21-43-20-23(3)46(27)53(49,50)29-18-16-28(17-19-29)52-37(40,41)42/h7,10-19,22-23,27,33-34,43H,4,6,8-9,20-21H2,1-3,5H3,(H,44,48)(H,45,47)/t23-,27-,33+,34-/m0/s1. The van der Waals surface area contributed by atoms with E-state index in [4.69, 9.17) is 16.3 Å². The molecule has 0 aliphatic carbocycles. The third-order valence-electron chi connectivity index (χ3n) is 9.03. The first-order valence-corrected chi connectivity index (χ1v) is 18.7. The summed E-state index contributed by atoms with van der Waals surface area (Å²) in [7, 11) is -2.96. The van der Waals surface area contributed by atoms with E-state index >= 15 is 4.39 Å². The molecule has 3 aromatic carbocycles. The molecule has 288 valence electrons. The predicted octanol–water partition coefficient (Wildman–Crippen LogP) is 7.62. The van der Waals surface area contributed by atoms with Crippen molar-refractivity contribution in [1.82, 2.24) is 14.9 Å². The van der Waals surface area contributed by atoms with Gasteiger partial charge in [-0.05, 0) is 86.2 Å². The number of anilines is 1. The molecule has 1 saturated heterocycles. The number of benzene rings is 3. The maximum atomic E-state index is 15.5. The molecule has 0 bridgehead atoms. The highest BCUT2D eigenvalue weighted by molar-refractivity contribution is 7.89. The molecule has 0 saturated carbocycles. The molecule has 4 rings (SSSR count). The normalized spacial score (nSPS) is 17.8. The minimum Gasteiger partial charge on any atom is -0.453 e. The van der Waals surface area contributed by atoms with Crippen LogP contribution in [0.15, 0.2) is 83.9 Å². The van der Waals surface area contributed by atoms with Crippen molar-refractivity contribution in [1.29, 1.82) is 0 Å². The molecule has 10 nitrogen and oxygen atoms in total. The molecule has 1 aliphatic heterocycles. The number of halogens is 5. The Morgan fingerprint density at radius 2 is 1.72 bits per heavy atom. The van der Waals surface area contributed by atoms with Crippen molar-refractivity contribution in [2.45, 2.75) is 69.3 Å². The van der Waals surface area contributed by atoms with Crippen LogP contribution in [0.1, 0.15) is 50.7 Å². The Bertz CT molecular complexity index is 1860. The molecule has 16 heteroatoms. The topological polar surface area (TPSA) is 126 Å². The number of alkyl carbamates (subject to hydrolysis) is 1. The number of rotatable bonds is 14. The number of piperazine rings is 1. The Kier molecular flexibility index (Phi) is 13.9. The number of hydrogen-bond donors (Lipinski definition) is 3. The van der Waals surface area contributed by atoms with Gasteiger partial charge in [0.15, 0.2) is 0 Å². The molecule has 4 atom stereocenters. The van der Waals surface area contributed by atoms with Crippen LogP contribution in [0, 0.1) is 17.7 Å². The predicted molar refractivity (Wildman–Crippen MR) is 193 cm³/mol. The third kappa shape index (κ3) is 10.7. The van der Waals surface area contributed by atoms with Gasteiger partial charge in [-0.1, -0.05) is 50.2 Å². The fraction of sp³-hybridized carbons (Fsp3) is 0.405. The lowest BCUT2D eigenvalue weighted by Crippen LogP contribution is -2.58. The van der Waals surface area contributed by atoms with Crippen LogP contribution in [-0.4, -0.2) is 63.4 Å². The van der Waals surface area contributed by atoms with E-state index in [-0.39, 0.29) is 40.7 Å². The van der Waals surface area contributed by atoms with Gasteiger partial charge in [0.05, 0.1) is 17.9 Å². The summed E-state index contributed by atoms with van der Waals surface area (Å²) >= 11 is 6.13. The van der Waals surface area contributed by atoms with E-state index in [1.54, 1.807) is 37.3 Å². The first-order valence-electron chi connectivity index (χ1n) is 16.9. The lowest BCUT2D eigenvalue weighted by molar-refractivity contribution is -0.274. The number of nitrogens with one attached hydrogen (secondary N) is 3. The van der Waals surface area contributed by atoms with Crippen molar-refractivity contribution >= 4 is 39.3 Å². The summed E-state index contributed by atoms with van der Waals surface area (Å²) in [5.74, 6) is -3.32. The summed E-state index contributed by atoms with van der Waals surface area (Å²) in [4.78, 5) is 26.1. The fourth-order valence-electron chi connectivity index (χ4n) is 6.70. The number of ether oxygens (including phenoxy) is 2. The van der Waals surface area contributed by atoms with Crippen LogP contribution in [0.2, 0.25) is 5.02 Å². The van der Waals surface area contributed by atoms with Gasteiger partial charge < -0.3 is 20.1 Å². The second-order valence-corrected chi connectivity index (χ2v) is 15.4. The number of methoxy groups -OCH3 is 1. The number of sulfonamides is 1. The molecule has 2 amide bonds. The van der Waals surface area contributed by atoms with Gasteiger partial charge in [0.25, 0.3) is 0 Å². The number of nitrogens with zero attached hydrogens (tertiary/aromatic N) is 1. The molecular weight excluding hydrogens is 740 g/mol. The van der Waals surface area contributed by atoms with Gasteiger partial charge in [-0.15, -0.1) is 13.2 Å². The zero-order valence-electron chi connectivity index (χ0n) is 29.7. The number of amides is 2. The highest BCUT2D eigenvalue weighted by Gasteiger charge is 2.39. The SMILES string of the molecule is C=C(NC(=O)OC)[C@H](C(=O)Nc1cccc(F)c1CCC[C@H]1CNC[C@H](C)N1S(=O)(=O)c1ccc(OC(F)(F)F)cc1)[C@@H](c1ccc(Cl)cc1)C(C)C. The van der Waals surface area contributed by atoms with Crippen LogP contribution >= 0.6 is 11.6 Å². The smallest absolute Gasteiger partial charge is 0.453 e. The Labute approximate surface area is 311 Å². The van der Waals surface area contributed by atoms with E-state index in [1.807, 2.05) is 13.8 Å². The van der Waals surface area contributed by atoms with Gasteiger partial charge in [0, 0.05) is 53.1 Å². The van der Waals surface area contributed by atoms with Crippen LogP contribution in [0.5, 0.6) is 5.75 Å². The Morgan fingerprint density at radius 1 is 1.06 bits per heavy atom. The maximum absolute atomic E-state index is 15.5. The minimum absolute atomic E-state index is 0.0729. The van der Waals surface area contributed by atoms with Crippen LogP contribution in [0.3, 0.4) is 0 Å². The van der Waals surface area contributed by atoms with Gasteiger partial charge in [0.2, 0.25) is 15.9 Å². The molecular formula is C37H43ClF4N4O6S. The summed E-state index contributed by atoms with van der Waals surface area (Å²) in [6.45, 7) is 10.2. The molecule has 1 heterocycles. The van der Waals surface area contributed by atoms with Crippen molar-refractivity contribution in [3.8, 4) is 5.75 Å². The molecule has 3 N–H and O–H groups in total. The van der Waals surface area contributed by atoms with Crippen molar-refractivity contribution in [2.24, 2.45) is 11.8 Å². The van der Waals surface area contributed by atoms with E-state index in [9.17, 15) is 31.2 Å². The highest BCUT2D eigenvalue weighted by Crippen LogP contribution is 2.37. The Hall–Kier alpha value is -4.18. The first kappa shape index (κ1) is 41.6. The Morgan fingerprint density at radius 3 is 2.32 bits per heavy atom. The molecule has 1 aliphatic rings. The largest absolute Gasteiger partial charge is 0.573 e. The summed E-state index contributed by atoms with van der Waals surface area (Å²) in [6, 6.07) is 14.2. The number of carbonyl (C=O) groups is 2. The number of hydrogen-bond acceptors (Lipinski definition) is 7. The van der Waals surface area contributed by atoms with E-state index in [0.29, 0.717) is 24.4 Å². The quantitative estimate of drug-likeness (QED) is 0.144. The number of carbonyl (C=O) groups excluding carboxylic acids is 2. The second kappa shape index (κ2) is 17.8. The van der Waals surface area contributed by atoms with Gasteiger partial charge in [-0.25, -0.2) is 17.6 Å². The molecule has 3 aromatic rings. The highest BCUT2D eigenvalue weighted by atomic mass is 35.5. The monoisotopic (exact) mass is 782 g/mol. The summed E-state index contributed by atoms with van der Waals surface area (Å²) in [6.07, 6.45) is -5.01. The van der Waals surface area contributed by atoms with E-state index in [1.165, 1.54) is 23.5 Å². The van der Waals surface area contributed by atoms with Gasteiger partial charge in [-0.3, -0.25) is 10.1 Å². The van der Waals surface area contributed by atoms with Crippen LogP contribution in [-0.2, 0) is 26.0 Å². The lowest BCUT2D eigenvalue weighted by atomic mass is 9.76. The molecule has 0 aromatic heterocycles. The van der Waals surface area contributed by atoms with Crippen LogP contribution in [0.4, 0.5) is 28.0 Å². The minimum atomic E-state index is -4.93. The molecule has 53 heavy (non-hydrogen) atoms. The van der Waals surface area contributed by atoms with E-state index < -0.39 is 63.9 Å². The molecule has 1 fully saturated rings. The summed E-state index contributed by atoms with van der Waals surface area (Å²) in [5, 5.41) is 9.09. The average molecular weight is 783 g/mol. The summed E-state index contributed by atoms with van der Waals surface area (Å²) < 4.78 is 90.9. The van der Waals surface area contributed by atoms with E-state index in [0.717, 1.165) is 29.8 Å². The van der Waals surface area contributed by atoms with Gasteiger partial charge in [0.1, 0.15) is 11.6 Å². The maximum Gasteiger partial charge on any atom is 0.573 e. The lowest BCUT2D eigenvalue weighted by Gasteiger charge is -2.40. The second-order valence-electron chi connectivity index (χ2n) is 13.1. The molecule has 0 spiro atoms. The zero-order valence-corrected chi connectivity index (χ0v) is 31.2. The van der Waals surface area contributed by atoms with Crippen molar-refractivity contribution < 1.29 is 45.0 Å². The molecule has 0 radical (unpaired) electrons. The first-order chi connectivity index (χ1) is 24.9. The summed E-state index contributed by atoms with van der Waals surface area (Å²) in [5.41, 5.74) is 1.23. The average Bonchev–Trinajstić information content (AvgIpc) is 3.08.